The third-order valence-electron chi connectivity index (χ3n) is 2.18. The van der Waals surface area contributed by atoms with Crippen molar-refractivity contribution >= 4 is 38.8 Å². The molecule has 0 N–H and O–H groups in total. The van der Waals surface area contributed by atoms with E-state index in [1.807, 2.05) is 0 Å². The molecule has 4 nitrogen and oxygen atoms in total. The van der Waals surface area contributed by atoms with Crippen LogP contribution < -0.4 is 0 Å². The van der Waals surface area contributed by atoms with Gasteiger partial charge in [-0.3, -0.25) is 4.79 Å². The number of carbonyl (C=O) groups excluding carboxylic acids is 1. The van der Waals surface area contributed by atoms with E-state index in [0.717, 1.165) is 0 Å². The minimum atomic E-state index is -3.48. The van der Waals surface area contributed by atoms with Crippen LogP contribution in [0.15, 0.2) is 18.2 Å². The van der Waals surface area contributed by atoms with Crippen molar-refractivity contribution in [2.75, 3.05) is 25.2 Å². The summed E-state index contributed by atoms with van der Waals surface area (Å²) in [6.07, 6.45) is 0. The lowest BCUT2D eigenvalue weighted by atomic mass is 10.1. The Morgan fingerprint density at radius 3 is 2.56 bits per heavy atom. The summed E-state index contributed by atoms with van der Waals surface area (Å²) in [5.74, 6) is -1.33. The molecule has 0 saturated carbocycles. The van der Waals surface area contributed by atoms with Crippen molar-refractivity contribution in [1.29, 1.82) is 0 Å². The summed E-state index contributed by atoms with van der Waals surface area (Å²) in [6, 6.07) is 4.30. The average Bonchev–Trinajstić information content (AvgIpc) is 2.25. The minimum Gasteiger partial charge on any atom is -0.384 e. The Bertz CT molecular complexity index is 540. The molecule has 0 unspecified atom stereocenters. The molecule has 0 aliphatic heterocycles. The Morgan fingerprint density at radius 1 is 1.33 bits per heavy atom. The van der Waals surface area contributed by atoms with E-state index in [1.54, 1.807) is 0 Å². The molecule has 0 fully saturated rings. The number of halogens is 2. The molecule has 0 aromatic heterocycles. The van der Waals surface area contributed by atoms with Crippen LogP contribution in [-0.4, -0.2) is 39.4 Å². The second-order valence-electron chi connectivity index (χ2n) is 3.63. The van der Waals surface area contributed by atoms with Gasteiger partial charge >= 0.3 is 0 Å². The SMILES string of the molecule is COCCS(=O)(=O)CC(=O)c1ccc(Cl)cc1Cl. The first kappa shape index (κ1) is 15.4. The maximum atomic E-state index is 11.8. The fraction of sp³-hybridized carbons (Fsp3) is 0.364. The highest BCUT2D eigenvalue weighted by atomic mass is 35.5. The van der Waals surface area contributed by atoms with Gasteiger partial charge in [-0.2, -0.15) is 0 Å². The molecule has 1 aromatic rings. The van der Waals surface area contributed by atoms with Gasteiger partial charge in [0.2, 0.25) is 0 Å². The predicted molar refractivity (Wildman–Crippen MR) is 71.3 cm³/mol. The number of sulfone groups is 1. The predicted octanol–water partition coefficient (Wildman–Crippen LogP) is 2.24. The standard InChI is InChI=1S/C11H12Cl2O4S/c1-17-4-5-18(15,16)7-11(14)9-3-2-8(12)6-10(9)13/h2-3,6H,4-5,7H2,1H3. The monoisotopic (exact) mass is 310 g/mol. The number of ketones is 1. The number of Topliss-reactive ketones (excluding diaryl/α,β-unsaturated/α-hetero) is 1. The molecule has 0 aliphatic carbocycles. The molecule has 0 heterocycles. The van der Waals surface area contributed by atoms with Gasteiger partial charge in [-0.05, 0) is 18.2 Å². The molecule has 100 valence electrons. The molecule has 0 saturated heterocycles. The van der Waals surface area contributed by atoms with E-state index in [4.69, 9.17) is 23.2 Å². The number of hydrogen-bond donors (Lipinski definition) is 0. The summed E-state index contributed by atoms with van der Waals surface area (Å²) in [6.45, 7) is 0.0595. The van der Waals surface area contributed by atoms with Crippen LogP contribution in [0.25, 0.3) is 0 Å². The number of methoxy groups -OCH3 is 1. The highest BCUT2D eigenvalue weighted by Crippen LogP contribution is 2.21. The molecule has 0 atom stereocenters. The quantitative estimate of drug-likeness (QED) is 0.756. The topological polar surface area (TPSA) is 60.4 Å². The van der Waals surface area contributed by atoms with Crippen LogP contribution in [0.3, 0.4) is 0 Å². The van der Waals surface area contributed by atoms with Gasteiger partial charge in [0.05, 0.1) is 17.4 Å². The lowest BCUT2D eigenvalue weighted by Gasteiger charge is -2.05. The van der Waals surface area contributed by atoms with Crippen LogP contribution >= 0.6 is 23.2 Å². The third-order valence-corrected chi connectivity index (χ3v) is 4.22. The van der Waals surface area contributed by atoms with Crippen molar-refractivity contribution in [2.45, 2.75) is 0 Å². The zero-order valence-corrected chi connectivity index (χ0v) is 12.0. The van der Waals surface area contributed by atoms with E-state index in [1.165, 1.54) is 25.3 Å². The van der Waals surface area contributed by atoms with Crippen molar-refractivity contribution < 1.29 is 17.9 Å². The highest BCUT2D eigenvalue weighted by molar-refractivity contribution is 7.92. The van der Waals surface area contributed by atoms with E-state index in [-0.39, 0.29) is 22.9 Å². The fourth-order valence-corrected chi connectivity index (χ4v) is 2.91. The molecular formula is C11H12Cl2O4S. The molecule has 0 spiro atoms. The van der Waals surface area contributed by atoms with Gasteiger partial charge in [-0.15, -0.1) is 0 Å². The van der Waals surface area contributed by atoms with E-state index in [0.29, 0.717) is 5.02 Å². The minimum absolute atomic E-state index is 0.0595. The lowest BCUT2D eigenvalue weighted by molar-refractivity contribution is 0.102. The maximum Gasteiger partial charge on any atom is 0.179 e. The molecule has 1 aromatic carbocycles. The van der Waals surface area contributed by atoms with Crippen molar-refractivity contribution in [3.8, 4) is 0 Å². The normalized spacial score (nSPS) is 11.5. The molecular weight excluding hydrogens is 299 g/mol. The van der Waals surface area contributed by atoms with Gasteiger partial charge in [0.15, 0.2) is 15.6 Å². The molecule has 0 bridgehead atoms. The van der Waals surface area contributed by atoms with Crippen molar-refractivity contribution in [1.82, 2.24) is 0 Å². The molecule has 0 aliphatic rings. The Hall–Kier alpha value is -0.620. The van der Waals surface area contributed by atoms with Crippen LogP contribution in [-0.2, 0) is 14.6 Å². The maximum absolute atomic E-state index is 11.8. The Kier molecular flexibility index (Phi) is 5.59. The van der Waals surface area contributed by atoms with Crippen LogP contribution in [0.4, 0.5) is 0 Å². The van der Waals surface area contributed by atoms with E-state index in [2.05, 4.69) is 4.74 Å². The first-order chi connectivity index (χ1) is 8.35. The second kappa shape index (κ2) is 6.52. The fourth-order valence-electron chi connectivity index (χ4n) is 1.28. The number of hydrogen-bond acceptors (Lipinski definition) is 4. The zero-order valence-electron chi connectivity index (χ0n) is 9.65. The molecule has 1 rings (SSSR count). The lowest BCUT2D eigenvalue weighted by Crippen LogP contribution is -2.21. The van der Waals surface area contributed by atoms with Gasteiger partial charge in [-0.1, -0.05) is 23.2 Å². The smallest absolute Gasteiger partial charge is 0.179 e. The number of ether oxygens (including phenoxy) is 1. The summed E-state index contributed by atoms with van der Waals surface area (Å²) in [4.78, 5) is 11.8. The molecule has 7 heteroatoms. The van der Waals surface area contributed by atoms with Crippen LogP contribution in [0, 0.1) is 0 Å². The first-order valence-corrected chi connectivity index (χ1v) is 7.61. The second-order valence-corrected chi connectivity index (χ2v) is 6.66. The van der Waals surface area contributed by atoms with Crippen molar-refractivity contribution in [3.05, 3.63) is 33.8 Å². The first-order valence-electron chi connectivity index (χ1n) is 5.03. The average molecular weight is 311 g/mol. The van der Waals surface area contributed by atoms with Gasteiger partial charge in [0, 0.05) is 17.7 Å². The van der Waals surface area contributed by atoms with Crippen LogP contribution in [0.2, 0.25) is 10.0 Å². The zero-order chi connectivity index (χ0) is 13.8. The number of carbonyl (C=O) groups is 1. The largest absolute Gasteiger partial charge is 0.384 e. The number of rotatable bonds is 6. The summed E-state index contributed by atoms with van der Waals surface area (Å²) < 4.78 is 27.8. The van der Waals surface area contributed by atoms with Crippen molar-refractivity contribution in [2.24, 2.45) is 0 Å². The van der Waals surface area contributed by atoms with E-state index < -0.39 is 21.4 Å². The summed E-state index contributed by atoms with van der Waals surface area (Å²) >= 11 is 11.5. The van der Waals surface area contributed by atoms with Gasteiger partial charge in [0.1, 0.15) is 5.75 Å². The molecule has 0 amide bonds. The Labute approximate surface area is 116 Å². The highest BCUT2D eigenvalue weighted by Gasteiger charge is 2.19. The van der Waals surface area contributed by atoms with Gasteiger partial charge in [-0.25, -0.2) is 8.42 Å². The Morgan fingerprint density at radius 2 is 2.00 bits per heavy atom. The number of benzene rings is 1. The van der Waals surface area contributed by atoms with Gasteiger partial charge in [0.25, 0.3) is 0 Å². The molecule has 18 heavy (non-hydrogen) atoms. The summed E-state index contributed by atoms with van der Waals surface area (Å²) in [7, 11) is -2.09. The van der Waals surface area contributed by atoms with Crippen LogP contribution in [0.5, 0.6) is 0 Å². The van der Waals surface area contributed by atoms with E-state index in [9.17, 15) is 13.2 Å². The third kappa shape index (κ3) is 4.57. The molecule has 0 radical (unpaired) electrons. The van der Waals surface area contributed by atoms with E-state index >= 15 is 0 Å². The summed E-state index contributed by atoms with van der Waals surface area (Å²) in [5.41, 5.74) is 0.155. The van der Waals surface area contributed by atoms with Crippen LogP contribution in [0.1, 0.15) is 10.4 Å². The Balaban J connectivity index is 2.83. The van der Waals surface area contributed by atoms with Gasteiger partial charge < -0.3 is 4.74 Å². The summed E-state index contributed by atoms with van der Waals surface area (Å²) in [5, 5.41) is 0.535. The van der Waals surface area contributed by atoms with Crippen molar-refractivity contribution in [3.63, 3.8) is 0 Å².